The summed E-state index contributed by atoms with van der Waals surface area (Å²) in [6.07, 6.45) is 3.70. The molecule has 1 fully saturated rings. The molecule has 22 heavy (non-hydrogen) atoms. The van der Waals surface area contributed by atoms with E-state index in [1.54, 1.807) is 6.08 Å². The highest BCUT2D eigenvalue weighted by molar-refractivity contribution is 6.04. The first kappa shape index (κ1) is 14.5. The topological polar surface area (TPSA) is 110 Å². The zero-order chi connectivity index (χ0) is 15.7. The quantitative estimate of drug-likeness (QED) is 0.680. The molecule has 6 nitrogen and oxygen atoms in total. The van der Waals surface area contributed by atoms with E-state index in [0.29, 0.717) is 22.8 Å². The Labute approximate surface area is 126 Å². The Bertz CT molecular complexity index is 746. The van der Waals surface area contributed by atoms with E-state index in [0.717, 1.165) is 37.7 Å². The molecule has 0 radical (unpaired) electrons. The van der Waals surface area contributed by atoms with Crippen LogP contribution in [0, 0.1) is 11.7 Å². The van der Waals surface area contributed by atoms with Gasteiger partial charge in [-0.05, 0) is 44.1 Å². The van der Waals surface area contributed by atoms with E-state index in [1.807, 2.05) is 0 Å². The largest absolute Gasteiger partial charge is 0.402 e. The van der Waals surface area contributed by atoms with Crippen LogP contribution in [0.3, 0.4) is 0 Å². The number of allylic oxidation sites excluding steroid dienone is 1. The van der Waals surface area contributed by atoms with Crippen LogP contribution in [-0.2, 0) is 0 Å². The molecule has 0 spiro atoms. The van der Waals surface area contributed by atoms with Crippen molar-refractivity contribution >= 4 is 23.0 Å². The van der Waals surface area contributed by atoms with Crippen molar-refractivity contribution in [3.63, 3.8) is 0 Å². The molecular weight excluding hydrogens is 285 g/mol. The predicted octanol–water partition coefficient (Wildman–Crippen LogP) is 1.10. The van der Waals surface area contributed by atoms with E-state index in [4.69, 9.17) is 11.5 Å². The van der Waals surface area contributed by atoms with Gasteiger partial charge in [0.1, 0.15) is 17.2 Å². The number of nitrogens with one attached hydrogen (secondary N) is 2. The van der Waals surface area contributed by atoms with Crippen molar-refractivity contribution in [3.8, 4) is 0 Å². The van der Waals surface area contributed by atoms with Gasteiger partial charge in [0.25, 0.3) is 5.91 Å². The molecule has 1 aliphatic rings. The zero-order valence-electron chi connectivity index (χ0n) is 12.0. The van der Waals surface area contributed by atoms with Crippen molar-refractivity contribution in [3.05, 3.63) is 35.0 Å². The first-order valence-corrected chi connectivity index (χ1v) is 7.21. The fraction of sp³-hybridized carbons (Fsp3) is 0.333. The average molecular weight is 303 g/mol. The number of primary amides is 1. The molecule has 6 N–H and O–H groups in total. The third-order valence-electron chi connectivity index (χ3n) is 3.95. The Balaban J connectivity index is 1.98. The number of aromatic amines is 1. The first-order chi connectivity index (χ1) is 10.5. The Morgan fingerprint density at radius 2 is 2.05 bits per heavy atom. The zero-order valence-corrected chi connectivity index (χ0v) is 12.0. The molecule has 1 saturated heterocycles. The van der Waals surface area contributed by atoms with Gasteiger partial charge in [-0.15, -0.1) is 0 Å². The lowest BCUT2D eigenvalue weighted by Gasteiger charge is -2.22. The predicted molar refractivity (Wildman–Crippen MR) is 82.3 cm³/mol. The summed E-state index contributed by atoms with van der Waals surface area (Å²) in [5.74, 6) is -0.439. The van der Waals surface area contributed by atoms with Crippen LogP contribution in [0.4, 0.5) is 4.39 Å². The van der Waals surface area contributed by atoms with Crippen LogP contribution in [0.1, 0.15) is 29.0 Å². The summed E-state index contributed by atoms with van der Waals surface area (Å²) in [7, 11) is 0. The van der Waals surface area contributed by atoms with E-state index >= 15 is 0 Å². The molecule has 1 aromatic carbocycles. The molecule has 3 rings (SSSR count). The molecule has 1 amide bonds. The van der Waals surface area contributed by atoms with Crippen molar-refractivity contribution in [1.82, 2.24) is 15.3 Å². The van der Waals surface area contributed by atoms with Gasteiger partial charge in [-0.3, -0.25) is 4.79 Å². The maximum Gasteiger partial charge on any atom is 0.251 e. The lowest BCUT2D eigenvalue weighted by Crippen LogP contribution is -2.30. The number of imidazole rings is 1. The number of aromatic nitrogens is 2. The number of rotatable bonds is 3. The van der Waals surface area contributed by atoms with Gasteiger partial charge in [-0.1, -0.05) is 0 Å². The van der Waals surface area contributed by atoms with E-state index in [-0.39, 0.29) is 5.56 Å². The maximum absolute atomic E-state index is 13.5. The summed E-state index contributed by atoms with van der Waals surface area (Å²) >= 11 is 0. The number of hydrogen-bond acceptors (Lipinski definition) is 4. The highest BCUT2D eigenvalue weighted by Crippen LogP contribution is 2.22. The number of carbonyl (C=O) groups is 1. The van der Waals surface area contributed by atoms with Gasteiger partial charge in [-0.2, -0.15) is 0 Å². The highest BCUT2D eigenvalue weighted by atomic mass is 19.1. The Kier molecular flexibility index (Phi) is 3.81. The number of benzene rings is 1. The number of hydrogen-bond donors (Lipinski definition) is 4. The van der Waals surface area contributed by atoms with Crippen molar-refractivity contribution in [2.24, 2.45) is 17.4 Å². The third kappa shape index (κ3) is 2.80. The first-order valence-electron chi connectivity index (χ1n) is 7.21. The Morgan fingerprint density at radius 1 is 1.32 bits per heavy atom. The molecule has 2 aromatic rings. The number of H-pyrrole nitrogens is 1. The molecule has 0 atom stereocenters. The molecule has 0 bridgehead atoms. The molecule has 0 saturated carbocycles. The SMILES string of the molecule is NC(=O)c1cc(F)cc2[nH]c(C=C(N)C3CCNCC3)nc12. The number of piperidine rings is 1. The van der Waals surface area contributed by atoms with Crippen molar-refractivity contribution in [2.45, 2.75) is 12.8 Å². The number of halogens is 1. The van der Waals surface area contributed by atoms with Crippen LogP contribution in [0.2, 0.25) is 0 Å². The molecule has 1 aromatic heterocycles. The van der Waals surface area contributed by atoms with Gasteiger partial charge in [0.15, 0.2) is 0 Å². The Hall–Kier alpha value is -2.41. The van der Waals surface area contributed by atoms with E-state index in [2.05, 4.69) is 15.3 Å². The number of amides is 1. The fourth-order valence-electron chi connectivity index (χ4n) is 2.79. The van der Waals surface area contributed by atoms with Crippen LogP contribution in [-0.4, -0.2) is 29.0 Å². The molecular formula is C15H18FN5O. The van der Waals surface area contributed by atoms with E-state index < -0.39 is 11.7 Å². The lowest BCUT2D eigenvalue weighted by atomic mass is 9.94. The van der Waals surface area contributed by atoms with Gasteiger partial charge in [0, 0.05) is 11.6 Å². The normalized spacial score (nSPS) is 17.0. The minimum atomic E-state index is -0.710. The summed E-state index contributed by atoms with van der Waals surface area (Å²) in [6.45, 7) is 1.88. The van der Waals surface area contributed by atoms with Crippen LogP contribution < -0.4 is 16.8 Å². The van der Waals surface area contributed by atoms with Crippen LogP contribution in [0.15, 0.2) is 17.8 Å². The minimum Gasteiger partial charge on any atom is -0.402 e. The minimum absolute atomic E-state index is 0.0614. The molecule has 0 aliphatic carbocycles. The van der Waals surface area contributed by atoms with Crippen molar-refractivity contribution < 1.29 is 9.18 Å². The second-order valence-electron chi connectivity index (χ2n) is 5.50. The van der Waals surface area contributed by atoms with Crippen LogP contribution in [0.25, 0.3) is 17.1 Å². The van der Waals surface area contributed by atoms with Gasteiger partial charge in [0.05, 0.1) is 11.1 Å². The highest BCUT2D eigenvalue weighted by Gasteiger charge is 2.17. The lowest BCUT2D eigenvalue weighted by molar-refractivity contribution is 0.100. The average Bonchev–Trinajstić information content (AvgIpc) is 2.89. The summed E-state index contributed by atoms with van der Waals surface area (Å²) in [5, 5.41) is 3.28. The summed E-state index contributed by atoms with van der Waals surface area (Å²) < 4.78 is 13.5. The number of carbonyl (C=O) groups excluding carboxylic acids is 1. The van der Waals surface area contributed by atoms with Crippen molar-refractivity contribution in [1.29, 1.82) is 0 Å². The number of nitrogens with two attached hydrogens (primary N) is 2. The molecule has 0 unspecified atom stereocenters. The van der Waals surface area contributed by atoms with Crippen LogP contribution in [0.5, 0.6) is 0 Å². The maximum atomic E-state index is 13.5. The van der Waals surface area contributed by atoms with Crippen molar-refractivity contribution in [2.75, 3.05) is 13.1 Å². The standard InChI is InChI=1S/C15H18FN5O/c16-9-5-10(15(18)22)14-12(6-9)20-13(21-14)7-11(17)8-1-3-19-4-2-8/h5-8,19H,1-4,17H2,(H2,18,22)(H,20,21). The molecule has 1 aliphatic heterocycles. The van der Waals surface area contributed by atoms with E-state index in [9.17, 15) is 9.18 Å². The second-order valence-corrected chi connectivity index (χ2v) is 5.50. The van der Waals surface area contributed by atoms with Gasteiger partial charge in [0.2, 0.25) is 0 Å². The van der Waals surface area contributed by atoms with Gasteiger partial charge in [-0.25, -0.2) is 9.37 Å². The third-order valence-corrected chi connectivity index (χ3v) is 3.95. The number of nitrogens with zero attached hydrogens (tertiary/aromatic N) is 1. The number of fused-ring (bicyclic) bond motifs is 1. The smallest absolute Gasteiger partial charge is 0.251 e. The molecule has 7 heteroatoms. The summed E-state index contributed by atoms with van der Waals surface area (Å²) in [5.41, 5.74) is 13.0. The Morgan fingerprint density at radius 3 is 2.73 bits per heavy atom. The van der Waals surface area contributed by atoms with Gasteiger partial charge >= 0.3 is 0 Å². The van der Waals surface area contributed by atoms with E-state index in [1.165, 1.54) is 6.07 Å². The summed E-state index contributed by atoms with van der Waals surface area (Å²) in [6, 6.07) is 2.38. The van der Waals surface area contributed by atoms with Crippen LogP contribution >= 0.6 is 0 Å². The summed E-state index contributed by atoms with van der Waals surface area (Å²) in [4.78, 5) is 18.7. The molecule has 116 valence electrons. The fourth-order valence-corrected chi connectivity index (χ4v) is 2.79. The molecule has 2 heterocycles. The van der Waals surface area contributed by atoms with Gasteiger partial charge < -0.3 is 21.8 Å². The second kappa shape index (κ2) is 5.76. The monoisotopic (exact) mass is 303 g/mol.